The average molecular weight is 247 g/mol. The van der Waals surface area contributed by atoms with Gasteiger partial charge in [0.2, 0.25) is 5.91 Å². The van der Waals surface area contributed by atoms with Gasteiger partial charge in [0, 0.05) is 12.8 Å². The first-order valence-corrected chi connectivity index (χ1v) is 6.42. The lowest BCUT2D eigenvalue weighted by Crippen LogP contribution is -2.35. The van der Waals surface area contributed by atoms with Crippen LogP contribution in [0.25, 0.3) is 0 Å². The van der Waals surface area contributed by atoms with Gasteiger partial charge in [-0.2, -0.15) is 0 Å². The first kappa shape index (κ1) is 13.1. The summed E-state index contributed by atoms with van der Waals surface area (Å²) < 4.78 is 0. The molecule has 0 saturated carbocycles. The molecular weight excluding hydrogens is 226 g/mol. The minimum Gasteiger partial charge on any atom is -0.390 e. The molecule has 1 aromatic rings. The van der Waals surface area contributed by atoms with Crippen LogP contribution in [-0.2, 0) is 11.2 Å². The Morgan fingerprint density at radius 1 is 1.39 bits per heavy atom. The number of hydrogen-bond acceptors (Lipinski definition) is 2. The molecule has 0 bridgehead atoms. The molecule has 1 aromatic carbocycles. The highest BCUT2D eigenvalue weighted by Gasteiger charge is 2.32. The maximum absolute atomic E-state index is 11.9. The smallest absolute Gasteiger partial charge is 0.221 e. The molecule has 0 aromatic heterocycles. The van der Waals surface area contributed by atoms with Crippen LogP contribution in [0.15, 0.2) is 24.3 Å². The molecular formula is C15H21NO2. The predicted octanol–water partition coefficient (Wildman–Crippen LogP) is 2.20. The quantitative estimate of drug-likeness (QED) is 0.841. The molecule has 18 heavy (non-hydrogen) atoms. The Morgan fingerprint density at radius 2 is 2.06 bits per heavy atom. The van der Waals surface area contributed by atoms with Crippen molar-refractivity contribution in [3.05, 3.63) is 35.4 Å². The largest absolute Gasteiger partial charge is 0.390 e. The average Bonchev–Trinajstić information content (AvgIpc) is 2.53. The maximum atomic E-state index is 11.9. The maximum Gasteiger partial charge on any atom is 0.221 e. The number of rotatable bonds is 2. The van der Waals surface area contributed by atoms with Crippen molar-refractivity contribution in [1.29, 1.82) is 0 Å². The van der Waals surface area contributed by atoms with Crippen LogP contribution >= 0.6 is 0 Å². The van der Waals surface area contributed by atoms with Crippen LogP contribution in [0.4, 0.5) is 0 Å². The number of hydrogen-bond donors (Lipinski definition) is 2. The van der Waals surface area contributed by atoms with Gasteiger partial charge in [0.05, 0.1) is 12.1 Å². The fourth-order valence-electron chi connectivity index (χ4n) is 2.45. The van der Waals surface area contributed by atoms with Gasteiger partial charge in [0.25, 0.3) is 0 Å². The monoisotopic (exact) mass is 247 g/mol. The van der Waals surface area contributed by atoms with Crippen LogP contribution in [0.1, 0.15) is 44.4 Å². The van der Waals surface area contributed by atoms with Crippen LogP contribution in [0.2, 0.25) is 0 Å². The summed E-state index contributed by atoms with van der Waals surface area (Å²) in [7, 11) is 0. The van der Waals surface area contributed by atoms with E-state index >= 15 is 0 Å². The number of nitrogens with one attached hydrogen (secondary N) is 1. The van der Waals surface area contributed by atoms with Crippen molar-refractivity contribution in [2.45, 2.75) is 45.8 Å². The number of amides is 1. The Balaban J connectivity index is 2.08. The van der Waals surface area contributed by atoms with Gasteiger partial charge in [0.15, 0.2) is 0 Å². The van der Waals surface area contributed by atoms with E-state index < -0.39 is 6.10 Å². The fraction of sp³-hybridized carbons (Fsp3) is 0.533. The van der Waals surface area contributed by atoms with E-state index in [4.69, 9.17) is 0 Å². The number of benzene rings is 1. The van der Waals surface area contributed by atoms with Crippen molar-refractivity contribution in [1.82, 2.24) is 5.32 Å². The Kier molecular flexibility index (Phi) is 3.44. The fourth-order valence-corrected chi connectivity index (χ4v) is 2.45. The van der Waals surface area contributed by atoms with Crippen LogP contribution in [0.3, 0.4) is 0 Å². The van der Waals surface area contributed by atoms with Gasteiger partial charge in [-0.05, 0) is 16.5 Å². The number of fused-ring (bicyclic) bond motifs is 1. The molecule has 0 unspecified atom stereocenters. The molecule has 0 aliphatic heterocycles. The first-order valence-electron chi connectivity index (χ1n) is 6.42. The molecule has 1 aliphatic rings. The second-order valence-electron chi connectivity index (χ2n) is 6.25. The molecule has 0 heterocycles. The predicted molar refractivity (Wildman–Crippen MR) is 71.1 cm³/mol. The molecule has 0 radical (unpaired) electrons. The standard InChI is InChI=1S/C15H21NO2/c1-15(2,3)9-13(18)16-14-11-7-5-4-6-10(11)8-12(14)17/h4-7,12,14,17H,8-9H2,1-3H3,(H,16,18)/t12-,14+/m1/s1. The summed E-state index contributed by atoms with van der Waals surface area (Å²) in [6.07, 6.45) is 0.584. The topological polar surface area (TPSA) is 49.3 Å². The van der Waals surface area contributed by atoms with E-state index in [0.29, 0.717) is 12.8 Å². The molecule has 2 rings (SSSR count). The zero-order valence-electron chi connectivity index (χ0n) is 11.2. The van der Waals surface area contributed by atoms with Crippen molar-refractivity contribution in [3.63, 3.8) is 0 Å². The van der Waals surface area contributed by atoms with Gasteiger partial charge in [-0.15, -0.1) is 0 Å². The van der Waals surface area contributed by atoms with Crippen LogP contribution in [0.5, 0.6) is 0 Å². The van der Waals surface area contributed by atoms with Crippen molar-refractivity contribution < 1.29 is 9.90 Å². The zero-order chi connectivity index (χ0) is 13.3. The first-order chi connectivity index (χ1) is 8.37. The number of carbonyl (C=O) groups is 1. The van der Waals surface area contributed by atoms with Crippen molar-refractivity contribution in [2.24, 2.45) is 5.41 Å². The van der Waals surface area contributed by atoms with E-state index in [2.05, 4.69) is 5.32 Å². The van der Waals surface area contributed by atoms with Gasteiger partial charge < -0.3 is 10.4 Å². The number of aliphatic hydroxyl groups excluding tert-OH is 1. The normalized spacial score (nSPS) is 22.7. The molecule has 1 aliphatic carbocycles. The number of aliphatic hydroxyl groups is 1. The van der Waals surface area contributed by atoms with Gasteiger partial charge in [-0.25, -0.2) is 0 Å². The summed E-state index contributed by atoms with van der Waals surface area (Å²) in [4.78, 5) is 11.9. The van der Waals surface area contributed by atoms with Gasteiger partial charge in [-0.1, -0.05) is 45.0 Å². The van der Waals surface area contributed by atoms with E-state index in [1.165, 1.54) is 0 Å². The van der Waals surface area contributed by atoms with Crippen LogP contribution in [-0.4, -0.2) is 17.1 Å². The Hall–Kier alpha value is -1.35. The SMILES string of the molecule is CC(C)(C)CC(=O)N[C@H]1c2ccccc2C[C@H]1O. The Labute approximate surface area is 108 Å². The molecule has 0 saturated heterocycles. The second kappa shape index (κ2) is 4.73. The molecule has 98 valence electrons. The molecule has 0 spiro atoms. The third-order valence-corrected chi connectivity index (χ3v) is 3.21. The summed E-state index contributed by atoms with van der Waals surface area (Å²) in [5.41, 5.74) is 2.14. The highest BCUT2D eigenvalue weighted by molar-refractivity contribution is 5.77. The van der Waals surface area contributed by atoms with E-state index in [1.807, 2.05) is 45.0 Å². The third-order valence-electron chi connectivity index (χ3n) is 3.21. The van der Waals surface area contributed by atoms with Crippen LogP contribution < -0.4 is 5.32 Å². The van der Waals surface area contributed by atoms with Crippen molar-refractivity contribution >= 4 is 5.91 Å². The lowest BCUT2D eigenvalue weighted by molar-refractivity contribution is -0.124. The molecule has 1 amide bonds. The van der Waals surface area contributed by atoms with Gasteiger partial charge in [-0.3, -0.25) is 4.79 Å². The molecule has 3 nitrogen and oxygen atoms in total. The highest BCUT2D eigenvalue weighted by atomic mass is 16.3. The Morgan fingerprint density at radius 3 is 2.72 bits per heavy atom. The minimum absolute atomic E-state index is 0.00301. The summed E-state index contributed by atoms with van der Waals surface area (Å²) in [5, 5.41) is 13.0. The van der Waals surface area contributed by atoms with E-state index in [0.717, 1.165) is 11.1 Å². The van der Waals surface area contributed by atoms with E-state index in [9.17, 15) is 9.90 Å². The molecule has 0 fully saturated rings. The van der Waals surface area contributed by atoms with E-state index in [1.54, 1.807) is 0 Å². The highest BCUT2D eigenvalue weighted by Crippen LogP contribution is 2.31. The number of carbonyl (C=O) groups excluding carboxylic acids is 1. The van der Waals surface area contributed by atoms with Crippen molar-refractivity contribution in [3.8, 4) is 0 Å². The van der Waals surface area contributed by atoms with Gasteiger partial charge in [0.1, 0.15) is 0 Å². The Bertz CT molecular complexity index is 448. The zero-order valence-corrected chi connectivity index (χ0v) is 11.2. The van der Waals surface area contributed by atoms with Crippen molar-refractivity contribution in [2.75, 3.05) is 0 Å². The molecule has 2 atom stereocenters. The summed E-state index contributed by atoms with van der Waals surface area (Å²) in [6.45, 7) is 6.10. The summed E-state index contributed by atoms with van der Waals surface area (Å²) >= 11 is 0. The summed E-state index contributed by atoms with van der Waals surface area (Å²) in [6, 6.07) is 7.64. The lowest BCUT2D eigenvalue weighted by Gasteiger charge is -2.22. The molecule has 2 N–H and O–H groups in total. The van der Waals surface area contributed by atoms with Gasteiger partial charge >= 0.3 is 0 Å². The van der Waals surface area contributed by atoms with Crippen LogP contribution in [0, 0.1) is 5.41 Å². The summed E-state index contributed by atoms with van der Waals surface area (Å²) in [5.74, 6) is 0.00301. The minimum atomic E-state index is -0.508. The third kappa shape index (κ3) is 2.91. The molecule has 3 heteroatoms. The van der Waals surface area contributed by atoms with E-state index in [-0.39, 0.29) is 17.4 Å². The lowest BCUT2D eigenvalue weighted by atomic mass is 9.91. The second-order valence-corrected chi connectivity index (χ2v) is 6.25.